The molecule has 1 unspecified atom stereocenters. The Morgan fingerprint density at radius 1 is 1.24 bits per heavy atom. The van der Waals surface area contributed by atoms with Gasteiger partial charge >= 0.3 is 5.51 Å². The van der Waals surface area contributed by atoms with Crippen LogP contribution in [0, 0.1) is 0 Å². The largest absolute Gasteiger partial charge is 0.501 e. The van der Waals surface area contributed by atoms with E-state index in [1.54, 1.807) is 6.92 Å². The first-order chi connectivity index (χ1) is 9.57. The van der Waals surface area contributed by atoms with Gasteiger partial charge in [0, 0.05) is 11.4 Å². The van der Waals surface area contributed by atoms with Gasteiger partial charge in [0.1, 0.15) is 0 Å². The second kappa shape index (κ2) is 6.44. The third-order valence-corrected chi connectivity index (χ3v) is 5.08. The summed E-state index contributed by atoms with van der Waals surface area (Å²) in [5.41, 5.74) is -5.98. The van der Waals surface area contributed by atoms with Gasteiger partial charge in [-0.15, -0.1) is 11.6 Å². The Kier molecular flexibility index (Phi) is 5.55. The van der Waals surface area contributed by atoms with Crippen LogP contribution in [0.4, 0.5) is 18.9 Å². The van der Waals surface area contributed by atoms with Crippen molar-refractivity contribution in [1.29, 1.82) is 0 Å². The molecule has 0 fully saturated rings. The van der Waals surface area contributed by atoms with Gasteiger partial charge in [0.25, 0.3) is 9.84 Å². The van der Waals surface area contributed by atoms with Crippen molar-refractivity contribution in [3.8, 4) is 0 Å². The molecule has 1 rings (SSSR count). The molecule has 0 saturated heterocycles. The second-order valence-electron chi connectivity index (χ2n) is 4.92. The predicted molar refractivity (Wildman–Crippen MR) is 77.3 cm³/mol. The fraction of sp³-hybridized carbons (Fsp3) is 0.538. The molecule has 8 heteroatoms. The van der Waals surface area contributed by atoms with Crippen molar-refractivity contribution in [2.75, 3.05) is 11.2 Å². The molecule has 0 aromatic heterocycles. The van der Waals surface area contributed by atoms with Crippen molar-refractivity contribution in [3.05, 3.63) is 24.3 Å². The van der Waals surface area contributed by atoms with Crippen LogP contribution in [0.2, 0.25) is 0 Å². The van der Waals surface area contributed by atoms with E-state index in [-0.39, 0.29) is 5.69 Å². The third-order valence-electron chi connectivity index (χ3n) is 3.34. The first kappa shape index (κ1) is 18.1. The minimum atomic E-state index is -5.40. The average molecular weight is 344 g/mol. The number of alkyl halides is 4. The smallest absolute Gasteiger partial charge is 0.379 e. The van der Waals surface area contributed by atoms with Gasteiger partial charge in [0.05, 0.1) is 10.6 Å². The van der Waals surface area contributed by atoms with Gasteiger partial charge in [0.15, 0.2) is 0 Å². The molecule has 0 saturated carbocycles. The molecule has 0 heterocycles. The predicted octanol–water partition coefficient (Wildman–Crippen LogP) is 4.19. The van der Waals surface area contributed by atoms with Crippen molar-refractivity contribution in [1.82, 2.24) is 0 Å². The standard InChI is InChI=1S/C13H17ClF3NO2S/c1-3-12(2,8-9-14)18-10-6-4-5-7-11(10)21(19,20)13(15,16)17/h4-7,18H,3,8-9H2,1-2H3. The Bertz CT molecular complexity index is 589. The molecule has 0 bridgehead atoms. The number of anilines is 1. The van der Waals surface area contributed by atoms with E-state index in [9.17, 15) is 21.6 Å². The molecule has 0 radical (unpaired) electrons. The molecule has 1 aromatic rings. The molecule has 0 aliphatic rings. The normalized spacial score (nSPS) is 15.5. The fourth-order valence-electron chi connectivity index (χ4n) is 1.79. The van der Waals surface area contributed by atoms with Gasteiger partial charge < -0.3 is 5.32 Å². The summed E-state index contributed by atoms with van der Waals surface area (Å²) >= 11 is 5.69. The van der Waals surface area contributed by atoms with Gasteiger partial charge in [-0.2, -0.15) is 13.2 Å². The van der Waals surface area contributed by atoms with Crippen LogP contribution in [-0.4, -0.2) is 25.3 Å². The zero-order valence-electron chi connectivity index (χ0n) is 11.7. The van der Waals surface area contributed by atoms with E-state index in [0.29, 0.717) is 18.7 Å². The number of hydrogen-bond donors (Lipinski definition) is 1. The molecule has 0 amide bonds. The molecular weight excluding hydrogens is 327 g/mol. The van der Waals surface area contributed by atoms with E-state index >= 15 is 0 Å². The Hall–Kier alpha value is -0.950. The number of rotatable bonds is 6. The molecule has 120 valence electrons. The Balaban J connectivity index is 3.29. The first-order valence-corrected chi connectivity index (χ1v) is 8.34. The van der Waals surface area contributed by atoms with Crippen LogP contribution in [0.15, 0.2) is 29.2 Å². The minimum Gasteiger partial charge on any atom is -0.379 e. The van der Waals surface area contributed by atoms with Crippen molar-refractivity contribution in [3.63, 3.8) is 0 Å². The number of nitrogens with one attached hydrogen (secondary N) is 1. The monoisotopic (exact) mass is 343 g/mol. The molecule has 21 heavy (non-hydrogen) atoms. The van der Waals surface area contributed by atoms with Gasteiger partial charge in [-0.1, -0.05) is 19.1 Å². The van der Waals surface area contributed by atoms with E-state index in [0.717, 1.165) is 6.07 Å². The van der Waals surface area contributed by atoms with Crippen molar-refractivity contribution >= 4 is 27.1 Å². The van der Waals surface area contributed by atoms with E-state index in [4.69, 9.17) is 11.6 Å². The molecule has 1 N–H and O–H groups in total. The molecule has 3 nitrogen and oxygen atoms in total. The Morgan fingerprint density at radius 2 is 1.81 bits per heavy atom. The zero-order valence-corrected chi connectivity index (χ0v) is 13.2. The van der Waals surface area contributed by atoms with E-state index in [2.05, 4.69) is 5.32 Å². The number of hydrogen-bond acceptors (Lipinski definition) is 3. The zero-order chi connectivity index (χ0) is 16.3. The van der Waals surface area contributed by atoms with Crippen molar-refractivity contribution < 1.29 is 21.6 Å². The first-order valence-electron chi connectivity index (χ1n) is 6.32. The molecule has 1 atom stereocenters. The average Bonchev–Trinajstić information content (AvgIpc) is 2.38. The van der Waals surface area contributed by atoms with Gasteiger partial charge in [-0.25, -0.2) is 8.42 Å². The Morgan fingerprint density at radius 3 is 2.29 bits per heavy atom. The maximum atomic E-state index is 12.7. The molecule has 0 spiro atoms. The molecular formula is C13H17ClF3NO2S. The van der Waals surface area contributed by atoms with Crippen LogP contribution < -0.4 is 5.32 Å². The lowest BCUT2D eigenvalue weighted by atomic mass is 9.95. The van der Waals surface area contributed by atoms with Crippen LogP contribution in [0.1, 0.15) is 26.7 Å². The van der Waals surface area contributed by atoms with E-state index in [1.807, 2.05) is 6.92 Å². The van der Waals surface area contributed by atoms with Crippen LogP contribution in [-0.2, 0) is 9.84 Å². The number of halogens is 4. The van der Waals surface area contributed by atoms with Gasteiger partial charge in [0.2, 0.25) is 0 Å². The van der Waals surface area contributed by atoms with Crippen molar-refractivity contribution in [2.24, 2.45) is 0 Å². The van der Waals surface area contributed by atoms with E-state index < -0.39 is 25.8 Å². The highest BCUT2D eigenvalue weighted by Gasteiger charge is 2.48. The summed E-state index contributed by atoms with van der Waals surface area (Å²) in [6, 6.07) is 5.01. The van der Waals surface area contributed by atoms with Crippen LogP contribution >= 0.6 is 11.6 Å². The highest BCUT2D eigenvalue weighted by atomic mass is 35.5. The summed E-state index contributed by atoms with van der Waals surface area (Å²) in [7, 11) is -5.40. The number of benzene rings is 1. The summed E-state index contributed by atoms with van der Waals surface area (Å²) in [6.45, 7) is 3.63. The topological polar surface area (TPSA) is 46.2 Å². The number of sulfone groups is 1. The molecule has 0 aliphatic carbocycles. The lowest BCUT2D eigenvalue weighted by molar-refractivity contribution is -0.0435. The highest BCUT2D eigenvalue weighted by Crippen LogP contribution is 2.36. The summed E-state index contributed by atoms with van der Waals surface area (Å²) < 4.78 is 61.4. The minimum absolute atomic E-state index is 0.0655. The number of para-hydroxylation sites is 1. The molecule has 1 aromatic carbocycles. The summed E-state index contributed by atoms with van der Waals surface area (Å²) in [5, 5.41) is 2.89. The lowest BCUT2D eigenvalue weighted by Crippen LogP contribution is -2.35. The highest BCUT2D eigenvalue weighted by molar-refractivity contribution is 7.92. The van der Waals surface area contributed by atoms with Gasteiger partial charge in [-0.3, -0.25) is 0 Å². The van der Waals surface area contributed by atoms with E-state index in [1.165, 1.54) is 18.2 Å². The summed E-state index contributed by atoms with van der Waals surface area (Å²) in [4.78, 5) is -0.772. The maximum Gasteiger partial charge on any atom is 0.501 e. The SMILES string of the molecule is CCC(C)(CCCl)Nc1ccccc1S(=O)(=O)C(F)(F)F. The van der Waals surface area contributed by atoms with Crippen LogP contribution in [0.25, 0.3) is 0 Å². The van der Waals surface area contributed by atoms with Crippen LogP contribution in [0.3, 0.4) is 0 Å². The quantitative estimate of drug-likeness (QED) is 0.788. The third kappa shape index (κ3) is 4.03. The maximum absolute atomic E-state index is 12.7. The fourth-order valence-corrected chi connectivity index (χ4v) is 3.12. The van der Waals surface area contributed by atoms with Crippen LogP contribution in [0.5, 0.6) is 0 Å². The van der Waals surface area contributed by atoms with Gasteiger partial charge in [-0.05, 0) is 31.9 Å². The molecule has 0 aliphatic heterocycles. The summed E-state index contributed by atoms with van der Waals surface area (Å²) in [6.07, 6.45) is 1.07. The second-order valence-corrected chi connectivity index (χ2v) is 7.21. The summed E-state index contributed by atoms with van der Waals surface area (Å²) in [5.74, 6) is 0.311. The Labute approximate surface area is 127 Å². The lowest BCUT2D eigenvalue weighted by Gasteiger charge is -2.31. The van der Waals surface area contributed by atoms with Crippen molar-refractivity contribution in [2.45, 2.75) is 42.6 Å².